The topological polar surface area (TPSA) is 58.8 Å². The summed E-state index contributed by atoms with van der Waals surface area (Å²) >= 11 is 1.51. The van der Waals surface area contributed by atoms with Gasteiger partial charge < -0.3 is 4.74 Å². The van der Waals surface area contributed by atoms with Gasteiger partial charge in [-0.25, -0.2) is 0 Å². The van der Waals surface area contributed by atoms with Gasteiger partial charge in [0.05, 0.1) is 17.9 Å². The predicted molar refractivity (Wildman–Crippen MR) is 63.4 cm³/mol. The van der Waals surface area contributed by atoms with Crippen molar-refractivity contribution in [1.82, 2.24) is 10.2 Å². The Morgan fingerprint density at radius 3 is 2.75 bits per heavy atom. The van der Waals surface area contributed by atoms with Crippen LogP contribution in [0.3, 0.4) is 0 Å². The monoisotopic (exact) mass is 237 g/mol. The van der Waals surface area contributed by atoms with Gasteiger partial charge in [0, 0.05) is 12.4 Å². The van der Waals surface area contributed by atoms with E-state index in [0.717, 1.165) is 17.0 Å². The molecule has 1 heterocycles. The van der Waals surface area contributed by atoms with Crippen molar-refractivity contribution in [3.8, 4) is 6.07 Å². The summed E-state index contributed by atoms with van der Waals surface area (Å²) in [5.41, 5.74) is 2.36. The van der Waals surface area contributed by atoms with Gasteiger partial charge in [-0.2, -0.15) is 10.4 Å². The van der Waals surface area contributed by atoms with Crippen LogP contribution in [0.15, 0.2) is 5.03 Å². The van der Waals surface area contributed by atoms with Crippen LogP contribution in [-0.2, 0) is 4.74 Å². The van der Waals surface area contributed by atoms with Crippen LogP contribution < -0.4 is 0 Å². The number of ether oxygens (including phenoxy) is 1. The molecule has 0 aliphatic rings. The smallest absolute Gasteiger partial charge is 0.137 e. The summed E-state index contributed by atoms with van der Waals surface area (Å²) in [6.45, 7) is 7.10. The van der Waals surface area contributed by atoms with Gasteiger partial charge in [-0.3, -0.25) is 0 Å². The van der Waals surface area contributed by atoms with Gasteiger partial charge in [0.25, 0.3) is 0 Å². The van der Waals surface area contributed by atoms with Crippen LogP contribution in [0.25, 0.3) is 0 Å². The lowest BCUT2D eigenvalue weighted by atomic mass is 10.1. The van der Waals surface area contributed by atoms with Crippen molar-refractivity contribution in [1.29, 1.82) is 5.26 Å². The molecule has 0 amide bonds. The molecule has 0 fully saturated rings. The Morgan fingerprint density at radius 2 is 2.12 bits per heavy atom. The highest BCUT2D eigenvalue weighted by molar-refractivity contribution is 7.99. The maximum absolute atomic E-state index is 9.06. The van der Waals surface area contributed by atoms with Crippen LogP contribution in [-0.4, -0.2) is 29.2 Å². The number of aromatic nitrogens is 2. The Morgan fingerprint density at radius 1 is 1.38 bits per heavy atom. The molecule has 4 nitrogen and oxygen atoms in total. The van der Waals surface area contributed by atoms with Gasteiger partial charge in [-0.1, -0.05) is 0 Å². The molecule has 0 aliphatic heterocycles. The fourth-order valence-corrected chi connectivity index (χ4v) is 2.00. The molecule has 0 N–H and O–H groups in total. The zero-order chi connectivity index (χ0) is 12.0. The summed E-state index contributed by atoms with van der Waals surface area (Å²) in [5.74, 6) is 0.791. The third-order valence-corrected chi connectivity index (χ3v) is 3.13. The third kappa shape index (κ3) is 3.19. The van der Waals surface area contributed by atoms with Gasteiger partial charge in [-0.05, 0) is 26.3 Å². The molecular formula is C11H15N3OS. The van der Waals surface area contributed by atoms with Crippen molar-refractivity contribution < 1.29 is 4.74 Å². The fourth-order valence-electron chi connectivity index (χ4n) is 1.16. The van der Waals surface area contributed by atoms with E-state index in [2.05, 4.69) is 16.3 Å². The van der Waals surface area contributed by atoms with E-state index in [4.69, 9.17) is 10.00 Å². The van der Waals surface area contributed by atoms with Crippen LogP contribution in [0, 0.1) is 25.2 Å². The largest absolute Gasteiger partial charge is 0.381 e. The minimum absolute atomic E-state index is 0.633. The van der Waals surface area contributed by atoms with E-state index in [0.29, 0.717) is 23.8 Å². The Labute approximate surface area is 100 Å². The number of aryl methyl sites for hydroxylation is 1. The van der Waals surface area contributed by atoms with E-state index in [-0.39, 0.29) is 0 Å². The quantitative estimate of drug-likeness (QED) is 0.579. The van der Waals surface area contributed by atoms with Crippen molar-refractivity contribution in [3.63, 3.8) is 0 Å². The maximum Gasteiger partial charge on any atom is 0.137 e. The van der Waals surface area contributed by atoms with E-state index < -0.39 is 0 Å². The molecule has 0 aliphatic carbocycles. The molecule has 1 rings (SSSR count). The Bertz CT molecular complexity index is 401. The van der Waals surface area contributed by atoms with Gasteiger partial charge in [0.15, 0.2) is 0 Å². The second-order valence-corrected chi connectivity index (χ2v) is 4.33. The molecule has 0 saturated heterocycles. The van der Waals surface area contributed by atoms with Crippen LogP contribution in [0.5, 0.6) is 0 Å². The van der Waals surface area contributed by atoms with Crippen LogP contribution >= 0.6 is 11.8 Å². The molecule has 1 aromatic heterocycles. The van der Waals surface area contributed by atoms with E-state index in [1.807, 2.05) is 20.8 Å². The van der Waals surface area contributed by atoms with E-state index in [9.17, 15) is 0 Å². The van der Waals surface area contributed by atoms with E-state index in [1.165, 1.54) is 11.8 Å². The minimum atomic E-state index is 0.633. The lowest BCUT2D eigenvalue weighted by molar-refractivity contribution is 0.164. The van der Waals surface area contributed by atoms with Crippen molar-refractivity contribution in [2.45, 2.75) is 25.8 Å². The number of nitrogens with zero attached hydrogens (tertiary/aromatic N) is 3. The van der Waals surface area contributed by atoms with E-state index >= 15 is 0 Å². The number of rotatable bonds is 5. The highest BCUT2D eigenvalue weighted by atomic mass is 32.2. The molecule has 86 valence electrons. The van der Waals surface area contributed by atoms with Gasteiger partial charge in [-0.15, -0.1) is 16.9 Å². The molecule has 0 bridgehead atoms. The van der Waals surface area contributed by atoms with Gasteiger partial charge >= 0.3 is 0 Å². The number of nitriles is 1. The average molecular weight is 237 g/mol. The predicted octanol–water partition coefficient (Wildman–Crippen LogP) is 2.09. The third-order valence-electron chi connectivity index (χ3n) is 2.20. The maximum atomic E-state index is 9.06. The van der Waals surface area contributed by atoms with Crippen LogP contribution in [0.2, 0.25) is 0 Å². The number of thioether (sulfide) groups is 1. The average Bonchev–Trinajstić information content (AvgIpc) is 2.29. The molecule has 5 heteroatoms. The molecule has 0 radical (unpaired) electrons. The van der Waals surface area contributed by atoms with Crippen LogP contribution in [0.1, 0.15) is 23.7 Å². The van der Waals surface area contributed by atoms with Crippen molar-refractivity contribution in [2.24, 2.45) is 0 Å². The molecule has 0 aromatic carbocycles. The first-order valence-corrected chi connectivity index (χ1v) is 6.13. The Hall–Kier alpha value is -1.12. The Balaban J connectivity index is 2.73. The summed E-state index contributed by atoms with van der Waals surface area (Å²) in [6.07, 6.45) is 0. The molecule has 1 aromatic rings. The first-order valence-electron chi connectivity index (χ1n) is 5.15. The Kier molecular flexibility index (Phi) is 5.23. The zero-order valence-corrected chi connectivity index (χ0v) is 10.6. The molecular weight excluding hydrogens is 222 g/mol. The van der Waals surface area contributed by atoms with Gasteiger partial charge in [0.2, 0.25) is 0 Å². The highest BCUT2D eigenvalue weighted by Gasteiger charge is 2.10. The number of hydrogen-bond acceptors (Lipinski definition) is 5. The zero-order valence-electron chi connectivity index (χ0n) is 9.78. The first-order chi connectivity index (χ1) is 7.70. The molecule has 0 atom stereocenters. The second kappa shape index (κ2) is 6.46. The lowest BCUT2D eigenvalue weighted by Crippen LogP contribution is -2.01. The molecule has 0 spiro atoms. The molecule has 0 saturated carbocycles. The van der Waals surface area contributed by atoms with Crippen LogP contribution in [0.4, 0.5) is 0 Å². The summed E-state index contributed by atoms with van der Waals surface area (Å²) in [6, 6.07) is 2.18. The molecule has 0 unspecified atom stereocenters. The summed E-state index contributed by atoms with van der Waals surface area (Å²) in [4.78, 5) is 0. The molecule has 16 heavy (non-hydrogen) atoms. The summed E-state index contributed by atoms with van der Waals surface area (Å²) < 4.78 is 5.23. The highest BCUT2D eigenvalue weighted by Crippen LogP contribution is 2.22. The standard InChI is InChI=1S/C11H15N3OS/c1-4-15-5-6-16-11-10(7-12)8(2)9(3)13-14-11/h4-6H2,1-3H3. The SMILES string of the molecule is CCOCCSc1nnc(C)c(C)c1C#N. The summed E-state index contributed by atoms with van der Waals surface area (Å²) in [5, 5.41) is 17.8. The van der Waals surface area contributed by atoms with Gasteiger partial charge in [0.1, 0.15) is 11.1 Å². The first kappa shape index (κ1) is 12.9. The normalized spacial score (nSPS) is 10.1. The minimum Gasteiger partial charge on any atom is -0.381 e. The van der Waals surface area contributed by atoms with Crippen molar-refractivity contribution in [3.05, 3.63) is 16.8 Å². The van der Waals surface area contributed by atoms with E-state index in [1.54, 1.807) is 0 Å². The van der Waals surface area contributed by atoms with Crippen molar-refractivity contribution in [2.75, 3.05) is 19.0 Å². The second-order valence-electron chi connectivity index (χ2n) is 3.25. The summed E-state index contributed by atoms with van der Waals surface area (Å²) in [7, 11) is 0. The van der Waals surface area contributed by atoms with Crippen molar-refractivity contribution >= 4 is 11.8 Å². The lowest BCUT2D eigenvalue weighted by Gasteiger charge is -2.06. The fraction of sp³-hybridized carbons (Fsp3) is 0.545. The number of hydrogen-bond donors (Lipinski definition) is 0.